The van der Waals surface area contributed by atoms with Crippen molar-refractivity contribution in [2.75, 3.05) is 37.4 Å². The van der Waals surface area contributed by atoms with Crippen molar-refractivity contribution in [1.29, 1.82) is 0 Å². The first kappa shape index (κ1) is 22.5. The van der Waals surface area contributed by atoms with Gasteiger partial charge in [0.05, 0.1) is 34.6 Å². The molecule has 4 heterocycles. The third kappa shape index (κ3) is 4.07. The Kier molecular flexibility index (Phi) is 5.76. The molecule has 0 spiro atoms. The summed E-state index contributed by atoms with van der Waals surface area (Å²) in [5.41, 5.74) is 13.3. The summed E-state index contributed by atoms with van der Waals surface area (Å²) in [5, 5.41) is 4.07. The van der Waals surface area contributed by atoms with Gasteiger partial charge in [0.1, 0.15) is 15.5 Å². The average Bonchev–Trinajstić information content (AvgIpc) is 3.39. The number of hydrogen-bond acceptors (Lipinski definition) is 9. The van der Waals surface area contributed by atoms with Gasteiger partial charge in [-0.2, -0.15) is 0 Å². The number of pyridine rings is 1. The molecule has 33 heavy (non-hydrogen) atoms. The Morgan fingerprint density at radius 3 is 2.97 bits per heavy atom. The van der Waals surface area contributed by atoms with Crippen molar-refractivity contribution in [2.45, 2.75) is 43.9 Å². The number of carbonyl (C=O) groups excluding carboxylic acids is 1. The molecule has 11 heteroatoms. The first-order chi connectivity index (χ1) is 15.8. The maximum atomic E-state index is 15.0. The average molecular weight is 491 g/mol. The van der Waals surface area contributed by atoms with Crippen LogP contribution in [0.1, 0.15) is 32.4 Å². The minimum atomic E-state index is -1.58. The number of anilines is 2. The zero-order chi connectivity index (χ0) is 23.3. The lowest BCUT2D eigenvalue weighted by Gasteiger charge is -2.27. The van der Waals surface area contributed by atoms with Crippen LogP contribution < -0.4 is 21.7 Å². The number of nitrogens with one attached hydrogen (secondary N) is 1. The predicted molar refractivity (Wildman–Crippen MR) is 130 cm³/mol. The van der Waals surface area contributed by atoms with Gasteiger partial charge in [0.2, 0.25) is 0 Å². The fourth-order valence-corrected chi connectivity index (χ4v) is 6.78. The summed E-state index contributed by atoms with van der Waals surface area (Å²) in [7, 11) is 1.48. The molecular formula is C22H27FN6O2S2. The number of ether oxygens (including phenoxy) is 1. The number of halogens is 1. The van der Waals surface area contributed by atoms with Gasteiger partial charge in [-0.15, -0.1) is 22.7 Å². The van der Waals surface area contributed by atoms with Gasteiger partial charge in [0.15, 0.2) is 5.67 Å². The topological polar surface area (TPSA) is 119 Å². The number of carbonyl (C=O) groups is 1. The van der Waals surface area contributed by atoms with Crippen LogP contribution in [0.25, 0.3) is 9.53 Å². The van der Waals surface area contributed by atoms with Gasteiger partial charge in [-0.25, -0.2) is 14.4 Å². The Balaban J connectivity index is 1.26. The second-order valence-corrected chi connectivity index (χ2v) is 11.1. The molecule has 1 fully saturated rings. The predicted octanol–water partition coefficient (Wildman–Crippen LogP) is 2.43. The van der Waals surface area contributed by atoms with E-state index in [-0.39, 0.29) is 25.1 Å². The van der Waals surface area contributed by atoms with E-state index in [0.29, 0.717) is 23.5 Å². The molecule has 3 aromatic rings. The number of methoxy groups -OCH3 is 1. The molecule has 3 aromatic heterocycles. The third-order valence-corrected chi connectivity index (χ3v) is 8.66. The van der Waals surface area contributed by atoms with Gasteiger partial charge >= 0.3 is 0 Å². The van der Waals surface area contributed by atoms with Gasteiger partial charge in [-0.1, -0.05) is 6.07 Å². The molecule has 1 amide bonds. The van der Waals surface area contributed by atoms with Crippen molar-refractivity contribution in [1.82, 2.24) is 15.3 Å². The van der Waals surface area contributed by atoms with Crippen LogP contribution in [0.2, 0.25) is 0 Å². The number of nitrogen functional groups attached to an aromatic ring is 1. The molecule has 3 atom stereocenters. The molecule has 0 aromatic carbocycles. The van der Waals surface area contributed by atoms with Crippen molar-refractivity contribution in [2.24, 2.45) is 5.73 Å². The molecule has 1 aliphatic heterocycles. The molecule has 5 rings (SSSR count). The number of amides is 1. The molecule has 0 saturated carbocycles. The summed E-state index contributed by atoms with van der Waals surface area (Å²) in [6.45, 7) is 2.47. The monoisotopic (exact) mass is 490 g/mol. The lowest BCUT2D eigenvalue weighted by atomic mass is 9.91. The largest absolute Gasteiger partial charge is 0.396 e. The van der Waals surface area contributed by atoms with Gasteiger partial charge in [-0.3, -0.25) is 4.79 Å². The molecule has 5 N–H and O–H groups in total. The van der Waals surface area contributed by atoms with E-state index in [1.807, 2.05) is 24.0 Å². The SMILES string of the molecule is COCC1(F)CN(c2ccc3c(n2)CCC(NC(=O)c2sc4nc(C)sc4c2N)C3)CC1N. The number of thiophene rings is 1. The maximum absolute atomic E-state index is 15.0. The van der Waals surface area contributed by atoms with E-state index in [1.54, 1.807) is 0 Å². The summed E-state index contributed by atoms with van der Waals surface area (Å²) < 4.78 is 20.9. The van der Waals surface area contributed by atoms with E-state index in [9.17, 15) is 4.79 Å². The normalized spacial score (nSPS) is 24.9. The number of nitrogens with zero attached hydrogens (tertiary/aromatic N) is 3. The van der Waals surface area contributed by atoms with Crippen LogP contribution in [0.4, 0.5) is 15.9 Å². The summed E-state index contributed by atoms with van der Waals surface area (Å²) in [5.74, 6) is 0.582. The van der Waals surface area contributed by atoms with Gasteiger partial charge in [0, 0.05) is 25.4 Å². The number of fused-ring (bicyclic) bond motifs is 2. The smallest absolute Gasteiger partial charge is 0.263 e. The Hall–Kier alpha value is -2.34. The van der Waals surface area contributed by atoms with E-state index in [0.717, 1.165) is 44.5 Å². The number of rotatable bonds is 5. The fourth-order valence-electron chi connectivity index (χ4n) is 4.69. The standard InChI is InChI=1S/C22H27FN6O2S2/c1-11-26-21-19(32-11)17(25)18(33-21)20(30)27-13-4-5-14-12(7-13)3-6-16(28-14)29-8-15(24)22(23,9-29)10-31-2/h3,6,13,15H,4-5,7-10,24-25H2,1-2H3,(H,27,30). The van der Waals surface area contributed by atoms with Gasteiger partial charge < -0.3 is 26.4 Å². The minimum Gasteiger partial charge on any atom is -0.396 e. The molecule has 176 valence electrons. The molecule has 1 saturated heterocycles. The van der Waals surface area contributed by atoms with E-state index in [2.05, 4.69) is 10.3 Å². The number of alkyl halides is 1. The Labute approximate surface area is 199 Å². The first-order valence-electron chi connectivity index (χ1n) is 10.9. The van der Waals surface area contributed by atoms with Crippen LogP contribution in [0.5, 0.6) is 0 Å². The highest BCUT2D eigenvalue weighted by Gasteiger charge is 2.46. The first-order valence-corrected chi connectivity index (χ1v) is 12.5. The summed E-state index contributed by atoms with van der Waals surface area (Å²) >= 11 is 2.85. The summed E-state index contributed by atoms with van der Waals surface area (Å²) in [6, 6.07) is 3.33. The van der Waals surface area contributed by atoms with Crippen molar-refractivity contribution in [3.05, 3.63) is 33.3 Å². The van der Waals surface area contributed by atoms with Gasteiger partial charge in [0.25, 0.3) is 5.91 Å². The van der Waals surface area contributed by atoms with Gasteiger partial charge in [-0.05, 0) is 37.8 Å². The van der Waals surface area contributed by atoms with Crippen LogP contribution >= 0.6 is 22.7 Å². The zero-order valence-corrected chi connectivity index (χ0v) is 20.2. The van der Waals surface area contributed by atoms with Crippen LogP contribution in [0.15, 0.2) is 12.1 Å². The number of nitrogens with two attached hydrogens (primary N) is 2. The summed E-state index contributed by atoms with van der Waals surface area (Å²) in [4.78, 5) is 25.4. The molecule has 2 aliphatic rings. The fraction of sp³-hybridized carbons (Fsp3) is 0.500. The number of aryl methyl sites for hydroxylation is 2. The quantitative estimate of drug-likeness (QED) is 0.502. The molecular weight excluding hydrogens is 463 g/mol. The molecule has 1 aliphatic carbocycles. The van der Waals surface area contributed by atoms with Crippen LogP contribution in [0.3, 0.4) is 0 Å². The number of thiazole rings is 1. The third-order valence-electron chi connectivity index (χ3n) is 6.43. The van der Waals surface area contributed by atoms with Crippen molar-refractivity contribution in [3.8, 4) is 0 Å². The van der Waals surface area contributed by atoms with Crippen LogP contribution in [-0.4, -0.2) is 60.4 Å². The minimum absolute atomic E-state index is 0.00674. The van der Waals surface area contributed by atoms with E-state index in [1.165, 1.54) is 29.8 Å². The van der Waals surface area contributed by atoms with E-state index < -0.39 is 11.7 Å². The Bertz CT molecular complexity index is 1210. The number of hydrogen-bond donors (Lipinski definition) is 3. The lowest BCUT2D eigenvalue weighted by molar-refractivity contribution is 0.0461. The Morgan fingerprint density at radius 2 is 2.21 bits per heavy atom. The zero-order valence-electron chi connectivity index (χ0n) is 18.6. The van der Waals surface area contributed by atoms with Crippen molar-refractivity contribution >= 4 is 49.6 Å². The second kappa shape index (κ2) is 8.46. The van der Waals surface area contributed by atoms with Crippen molar-refractivity contribution in [3.63, 3.8) is 0 Å². The molecule has 8 nitrogen and oxygen atoms in total. The highest BCUT2D eigenvalue weighted by Crippen LogP contribution is 2.37. The van der Waals surface area contributed by atoms with Crippen LogP contribution in [0, 0.1) is 6.92 Å². The lowest BCUT2D eigenvalue weighted by Crippen LogP contribution is -2.46. The highest BCUT2D eigenvalue weighted by molar-refractivity contribution is 7.29. The molecule has 0 bridgehead atoms. The number of aromatic nitrogens is 2. The second-order valence-electron chi connectivity index (χ2n) is 8.86. The highest BCUT2D eigenvalue weighted by atomic mass is 32.1. The van der Waals surface area contributed by atoms with Crippen molar-refractivity contribution < 1.29 is 13.9 Å². The summed E-state index contributed by atoms with van der Waals surface area (Å²) in [6.07, 6.45) is 2.21. The van der Waals surface area contributed by atoms with E-state index >= 15 is 4.39 Å². The maximum Gasteiger partial charge on any atom is 0.263 e. The Morgan fingerprint density at radius 1 is 1.39 bits per heavy atom. The molecule has 3 unspecified atom stereocenters. The van der Waals surface area contributed by atoms with E-state index in [4.69, 9.17) is 21.2 Å². The van der Waals surface area contributed by atoms with Crippen LogP contribution in [-0.2, 0) is 17.6 Å². The molecule has 0 radical (unpaired) electrons.